The Balaban J connectivity index is 1.73. The van der Waals surface area contributed by atoms with Gasteiger partial charge >= 0.3 is 0 Å². The molecule has 21 heavy (non-hydrogen) atoms. The normalized spacial score (nSPS) is 10.6. The molecule has 0 atom stereocenters. The Morgan fingerprint density at radius 3 is 2.95 bits per heavy atom. The second kappa shape index (κ2) is 7.42. The Hall–Kier alpha value is -1.60. The predicted molar refractivity (Wildman–Crippen MR) is 88.8 cm³/mol. The van der Waals surface area contributed by atoms with Crippen molar-refractivity contribution in [3.05, 3.63) is 29.6 Å². The highest BCUT2D eigenvalue weighted by Gasteiger charge is 2.07. The average molecular weight is 322 g/mol. The maximum atomic E-state index is 11.9. The van der Waals surface area contributed by atoms with E-state index in [0.29, 0.717) is 12.1 Å². The number of nitrogens with one attached hydrogen (secondary N) is 1. The SMILES string of the molecule is Cc1nsc(SCCCC(=O)Nc2cccc(N)c2C)n1. The lowest BCUT2D eigenvalue weighted by Gasteiger charge is -2.09. The van der Waals surface area contributed by atoms with Crippen molar-refractivity contribution < 1.29 is 4.79 Å². The van der Waals surface area contributed by atoms with Gasteiger partial charge in [-0.05, 0) is 49.5 Å². The van der Waals surface area contributed by atoms with Crippen LogP contribution in [0.4, 0.5) is 11.4 Å². The molecule has 2 aromatic rings. The summed E-state index contributed by atoms with van der Waals surface area (Å²) >= 11 is 3.04. The highest BCUT2D eigenvalue weighted by atomic mass is 32.2. The number of carbonyl (C=O) groups excluding carboxylic acids is 1. The molecule has 2 rings (SSSR count). The fourth-order valence-corrected chi connectivity index (χ4v) is 3.39. The van der Waals surface area contributed by atoms with Crippen LogP contribution >= 0.6 is 23.3 Å². The first-order valence-electron chi connectivity index (χ1n) is 6.64. The number of aromatic nitrogens is 2. The summed E-state index contributed by atoms with van der Waals surface area (Å²) < 4.78 is 5.08. The van der Waals surface area contributed by atoms with Gasteiger partial charge in [0.2, 0.25) is 5.91 Å². The van der Waals surface area contributed by atoms with Crippen molar-refractivity contribution in [1.29, 1.82) is 0 Å². The van der Waals surface area contributed by atoms with Crippen LogP contribution in [0.15, 0.2) is 22.5 Å². The second-order valence-electron chi connectivity index (χ2n) is 4.63. The van der Waals surface area contributed by atoms with Crippen molar-refractivity contribution >= 4 is 40.6 Å². The molecule has 0 radical (unpaired) electrons. The van der Waals surface area contributed by atoms with E-state index < -0.39 is 0 Å². The van der Waals surface area contributed by atoms with E-state index in [-0.39, 0.29) is 5.91 Å². The standard InChI is InChI=1S/C14H18N4OS2/c1-9-11(15)5-3-6-12(9)17-13(19)7-4-8-20-14-16-10(2)18-21-14/h3,5-6H,4,7-8,15H2,1-2H3,(H,17,19). The largest absolute Gasteiger partial charge is 0.398 e. The van der Waals surface area contributed by atoms with E-state index in [9.17, 15) is 4.79 Å². The molecule has 0 aliphatic rings. The summed E-state index contributed by atoms with van der Waals surface area (Å²) in [5.41, 5.74) is 8.20. The van der Waals surface area contributed by atoms with Crippen LogP contribution in [-0.2, 0) is 4.79 Å². The van der Waals surface area contributed by atoms with Crippen molar-refractivity contribution in [2.75, 3.05) is 16.8 Å². The molecule has 0 saturated heterocycles. The van der Waals surface area contributed by atoms with Gasteiger partial charge in [0, 0.05) is 23.5 Å². The third-order valence-electron chi connectivity index (χ3n) is 2.93. The number of benzene rings is 1. The van der Waals surface area contributed by atoms with E-state index in [2.05, 4.69) is 14.7 Å². The number of anilines is 2. The Kier molecular flexibility index (Phi) is 5.58. The molecule has 0 aliphatic heterocycles. The summed E-state index contributed by atoms with van der Waals surface area (Å²) in [7, 11) is 0. The molecular formula is C14H18N4OS2. The molecule has 1 aromatic heterocycles. The number of nitrogens with zero attached hydrogens (tertiary/aromatic N) is 2. The van der Waals surface area contributed by atoms with Gasteiger partial charge in [-0.15, -0.1) is 0 Å². The minimum atomic E-state index is 0.0118. The minimum absolute atomic E-state index is 0.0118. The average Bonchev–Trinajstić information content (AvgIpc) is 2.86. The summed E-state index contributed by atoms with van der Waals surface area (Å²) in [6.07, 6.45) is 1.29. The quantitative estimate of drug-likeness (QED) is 0.485. The highest BCUT2D eigenvalue weighted by molar-refractivity contribution is 8.00. The third-order valence-corrected chi connectivity index (χ3v) is 4.94. The number of hydrogen-bond donors (Lipinski definition) is 2. The van der Waals surface area contributed by atoms with Crippen LogP contribution in [0.1, 0.15) is 24.2 Å². The van der Waals surface area contributed by atoms with Crippen LogP contribution in [0.3, 0.4) is 0 Å². The Morgan fingerprint density at radius 1 is 1.43 bits per heavy atom. The second-order valence-corrected chi connectivity index (χ2v) is 6.72. The van der Waals surface area contributed by atoms with Gasteiger partial charge in [0.15, 0.2) is 4.34 Å². The number of hydrogen-bond acceptors (Lipinski definition) is 6. The molecule has 1 aromatic carbocycles. The van der Waals surface area contributed by atoms with Gasteiger partial charge < -0.3 is 11.1 Å². The number of carbonyl (C=O) groups is 1. The van der Waals surface area contributed by atoms with Gasteiger partial charge in [-0.25, -0.2) is 4.98 Å². The van der Waals surface area contributed by atoms with E-state index in [1.807, 2.05) is 32.0 Å². The van der Waals surface area contributed by atoms with Crippen molar-refractivity contribution in [1.82, 2.24) is 9.36 Å². The first kappa shape index (κ1) is 15.8. The topological polar surface area (TPSA) is 80.9 Å². The summed E-state index contributed by atoms with van der Waals surface area (Å²) in [4.78, 5) is 16.2. The van der Waals surface area contributed by atoms with Gasteiger partial charge in [-0.3, -0.25) is 4.79 Å². The molecule has 3 N–H and O–H groups in total. The first-order chi connectivity index (χ1) is 10.1. The van der Waals surface area contributed by atoms with Gasteiger partial charge in [-0.1, -0.05) is 17.8 Å². The summed E-state index contributed by atoms with van der Waals surface area (Å²) in [6.45, 7) is 3.78. The number of amides is 1. The number of aryl methyl sites for hydroxylation is 1. The van der Waals surface area contributed by atoms with Crippen molar-refractivity contribution in [2.45, 2.75) is 31.0 Å². The van der Waals surface area contributed by atoms with Crippen molar-refractivity contribution in [3.8, 4) is 0 Å². The van der Waals surface area contributed by atoms with Gasteiger partial charge in [0.1, 0.15) is 5.82 Å². The number of rotatable bonds is 6. The first-order valence-corrected chi connectivity index (χ1v) is 8.40. The monoisotopic (exact) mass is 322 g/mol. The van der Waals surface area contributed by atoms with E-state index in [1.54, 1.807) is 11.8 Å². The molecular weight excluding hydrogens is 304 g/mol. The molecule has 0 spiro atoms. The van der Waals surface area contributed by atoms with E-state index in [1.165, 1.54) is 11.5 Å². The van der Waals surface area contributed by atoms with Crippen LogP contribution in [0.2, 0.25) is 0 Å². The third kappa shape index (κ3) is 4.71. The van der Waals surface area contributed by atoms with Gasteiger partial charge in [0.05, 0.1) is 0 Å². The molecule has 7 heteroatoms. The number of thioether (sulfide) groups is 1. The zero-order valence-corrected chi connectivity index (χ0v) is 13.7. The molecule has 0 fully saturated rings. The van der Waals surface area contributed by atoms with E-state index in [4.69, 9.17) is 5.73 Å². The van der Waals surface area contributed by atoms with E-state index >= 15 is 0 Å². The molecule has 0 saturated carbocycles. The fraction of sp³-hybridized carbons (Fsp3) is 0.357. The van der Waals surface area contributed by atoms with Crippen LogP contribution in [-0.4, -0.2) is 21.0 Å². The van der Waals surface area contributed by atoms with Crippen molar-refractivity contribution in [3.63, 3.8) is 0 Å². The maximum absolute atomic E-state index is 11.9. The Labute approximate surface area is 132 Å². The lowest BCUT2D eigenvalue weighted by molar-refractivity contribution is -0.116. The van der Waals surface area contributed by atoms with Crippen LogP contribution in [0.5, 0.6) is 0 Å². The Morgan fingerprint density at radius 2 is 2.24 bits per heavy atom. The molecule has 0 unspecified atom stereocenters. The lowest BCUT2D eigenvalue weighted by atomic mass is 10.1. The van der Waals surface area contributed by atoms with Gasteiger partial charge in [0.25, 0.3) is 0 Å². The zero-order chi connectivity index (χ0) is 15.2. The molecule has 5 nitrogen and oxygen atoms in total. The summed E-state index contributed by atoms with van der Waals surface area (Å²) in [5.74, 6) is 1.67. The zero-order valence-electron chi connectivity index (χ0n) is 12.0. The fourth-order valence-electron chi connectivity index (χ4n) is 1.73. The molecule has 1 heterocycles. The summed E-state index contributed by atoms with van der Waals surface area (Å²) in [5, 5.41) is 2.90. The highest BCUT2D eigenvalue weighted by Crippen LogP contribution is 2.22. The molecule has 1 amide bonds. The maximum Gasteiger partial charge on any atom is 0.224 e. The molecule has 0 aliphatic carbocycles. The van der Waals surface area contributed by atoms with Gasteiger partial charge in [-0.2, -0.15) is 4.37 Å². The number of nitrogen functional groups attached to an aromatic ring is 1. The van der Waals surface area contributed by atoms with Crippen molar-refractivity contribution in [2.24, 2.45) is 0 Å². The number of nitrogens with two attached hydrogens (primary N) is 1. The van der Waals surface area contributed by atoms with Crippen LogP contribution < -0.4 is 11.1 Å². The molecule has 112 valence electrons. The van der Waals surface area contributed by atoms with E-state index in [0.717, 1.165) is 33.6 Å². The minimum Gasteiger partial charge on any atom is -0.398 e. The smallest absolute Gasteiger partial charge is 0.224 e. The molecule has 0 bridgehead atoms. The Bertz CT molecular complexity index is 627. The lowest BCUT2D eigenvalue weighted by Crippen LogP contribution is -2.12. The predicted octanol–water partition coefficient (Wildman–Crippen LogP) is 3.25. The van der Waals surface area contributed by atoms with Crippen LogP contribution in [0.25, 0.3) is 0 Å². The summed E-state index contributed by atoms with van der Waals surface area (Å²) in [6, 6.07) is 5.53. The van der Waals surface area contributed by atoms with Crippen LogP contribution in [0, 0.1) is 13.8 Å².